The number of carboxylic acid groups (broad SMARTS) is 1. The molecule has 0 aliphatic rings. The van der Waals surface area contributed by atoms with Crippen LogP contribution in [0.2, 0.25) is 0 Å². The lowest BCUT2D eigenvalue weighted by atomic mass is 10.1. The maximum Gasteiger partial charge on any atom is 0.328 e. The number of hydrogen-bond donors (Lipinski definition) is 2. The first-order valence-corrected chi connectivity index (χ1v) is 5.75. The van der Waals surface area contributed by atoms with Gasteiger partial charge in [-0.15, -0.1) is 0 Å². The Labute approximate surface area is 110 Å². The zero-order valence-corrected chi connectivity index (χ0v) is 10.7. The molecule has 18 heavy (non-hydrogen) atoms. The summed E-state index contributed by atoms with van der Waals surface area (Å²) in [7, 11) is 0. The van der Waals surface area contributed by atoms with Gasteiger partial charge in [0.1, 0.15) is 12.5 Å². The van der Waals surface area contributed by atoms with Gasteiger partial charge in [0.15, 0.2) is 6.04 Å². The summed E-state index contributed by atoms with van der Waals surface area (Å²) in [5, 5.41) is 10.6. The largest absolute Gasteiger partial charge is 0.480 e. The Morgan fingerprint density at radius 2 is 2.11 bits per heavy atom. The monoisotopic (exact) mass is 321 g/mol. The number of rotatable bonds is 5. The van der Waals surface area contributed by atoms with Gasteiger partial charge in [0.2, 0.25) is 5.91 Å². The summed E-state index contributed by atoms with van der Waals surface area (Å²) in [6, 6.07) is 2.42. The number of nitrogens with one attached hydrogen (secondary N) is 1. The molecule has 1 atom stereocenters. The van der Waals surface area contributed by atoms with Gasteiger partial charge in [-0.3, -0.25) is 4.79 Å². The standard InChI is InChI=1S/C11H10BrF2NO3/c12-7-3-6(1-2-8(7)14)4-10(16)15-9(5-13)11(17)18/h1-3,9H,4-5H2,(H,15,16)(H,17,18). The maximum atomic E-state index is 12.9. The third-order valence-electron chi connectivity index (χ3n) is 2.14. The molecule has 98 valence electrons. The minimum Gasteiger partial charge on any atom is -0.480 e. The van der Waals surface area contributed by atoms with Crippen LogP contribution in [-0.2, 0) is 16.0 Å². The molecule has 1 amide bonds. The van der Waals surface area contributed by atoms with Gasteiger partial charge in [0.05, 0.1) is 10.9 Å². The summed E-state index contributed by atoms with van der Waals surface area (Å²) in [6.07, 6.45) is -0.150. The van der Waals surface area contributed by atoms with Gasteiger partial charge in [-0.05, 0) is 33.6 Å². The van der Waals surface area contributed by atoms with E-state index in [4.69, 9.17) is 5.11 Å². The number of carboxylic acids is 1. The average Bonchev–Trinajstić information content (AvgIpc) is 2.30. The van der Waals surface area contributed by atoms with Crippen molar-refractivity contribution in [2.45, 2.75) is 12.5 Å². The predicted octanol–water partition coefficient (Wildman–Crippen LogP) is 1.67. The van der Waals surface area contributed by atoms with Crippen LogP contribution in [0.4, 0.5) is 8.78 Å². The molecule has 0 radical (unpaired) electrons. The van der Waals surface area contributed by atoms with Gasteiger partial charge < -0.3 is 10.4 Å². The van der Waals surface area contributed by atoms with Crippen molar-refractivity contribution in [3.8, 4) is 0 Å². The van der Waals surface area contributed by atoms with Crippen LogP contribution in [0.1, 0.15) is 5.56 Å². The summed E-state index contributed by atoms with van der Waals surface area (Å²) in [4.78, 5) is 21.9. The predicted molar refractivity (Wildman–Crippen MR) is 63.3 cm³/mol. The van der Waals surface area contributed by atoms with E-state index in [1.165, 1.54) is 18.2 Å². The molecule has 0 saturated carbocycles. The molecule has 0 bridgehead atoms. The molecule has 7 heteroatoms. The fraction of sp³-hybridized carbons (Fsp3) is 0.273. The zero-order valence-electron chi connectivity index (χ0n) is 9.12. The highest BCUT2D eigenvalue weighted by molar-refractivity contribution is 9.10. The number of benzene rings is 1. The molecule has 1 unspecified atom stereocenters. The number of halogens is 3. The first-order chi connectivity index (χ1) is 8.43. The third-order valence-corrected chi connectivity index (χ3v) is 2.74. The Morgan fingerprint density at radius 3 is 2.61 bits per heavy atom. The molecule has 0 aliphatic heterocycles. The lowest BCUT2D eigenvalue weighted by Gasteiger charge is -2.10. The van der Waals surface area contributed by atoms with E-state index < -0.39 is 30.4 Å². The number of carbonyl (C=O) groups is 2. The van der Waals surface area contributed by atoms with Crippen LogP contribution in [0.15, 0.2) is 22.7 Å². The first-order valence-electron chi connectivity index (χ1n) is 4.96. The average molecular weight is 322 g/mol. The van der Waals surface area contributed by atoms with E-state index in [0.29, 0.717) is 5.56 Å². The van der Waals surface area contributed by atoms with Crippen LogP contribution >= 0.6 is 15.9 Å². The molecule has 0 aromatic heterocycles. The summed E-state index contributed by atoms with van der Waals surface area (Å²) in [5.41, 5.74) is 0.490. The van der Waals surface area contributed by atoms with Crippen LogP contribution in [0, 0.1) is 5.82 Å². The normalized spacial score (nSPS) is 11.9. The Hall–Kier alpha value is -1.50. The highest BCUT2D eigenvalue weighted by Gasteiger charge is 2.19. The van der Waals surface area contributed by atoms with Crippen LogP contribution < -0.4 is 5.32 Å². The van der Waals surface area contributed by atoms with Crippen LogP contribution in [0.25, 0.3) is 0 Å². The molecule has 4 nitrogen and oxygen atoms in total. The molecule has 1 aromatic rings. The van der Waals surface area contributed by atoms with E-state index >= 15 is 0 Å². The molecule has 0 fully saturated rings. The SMILES string of the molecule is O=C(Cc1ccc(F)c(Br)c1)NC(CF)C(=O)O. The number of alkyl halides is 1. The van der Waals surface area contributed by atoms with E-state index in [0.717, 1.165) is 0 Å². The van der Waals surface area contributed by atoms with Crippen molar-refractivity contribution in [3.05, 3.63) is 34.1 Å². The fourth-order valence-electron chi connectivity index (χ4n) is 1.25. The molecular formula is C11H10BrF2NO3. The Kier molecular flexibility index (Phi) is 5.21. The van der Waals surface area contributed by atoms with Crippen molar-refractivity contribution in [1.29, 1.82) is 0 Å². The van der Waals surface area contributed by atoms with Crippen LogP contribution in [0.5, 0.6) is 0 Å². The summed E-state index contributed by atoms with van der Waals surface area (Å²) >= 11 is 2.96. The summed E-state index contributed by atoms with van der Waals surface area (Å²) in [6.45, 7) is -1.19. The molecule has 0 heterocycles. The van der Waals surface area contributed by atoms with Crippen molar-refractivity contribution in [3.63, 3.8) is 0 Å². The summed E-state index contributed by atoms with van der Waals surface area (Å²) < 4.78 is 25.4. The minimum absolute atomic E-state index is 0.150. The van der Waals surface area contributed by atoms with Gasteiger partial charge in [0, 0.05) is 0 Å². The molecule has 0 saturated heterocycles. The molecular weight excluding hydrogens is 312 g/mol. The quantitative estimate of drug-likeness (QED) is 0.867. The van der Waals surface area contributed by atoms with Gasteiger partial charge in [-0.1, -0.05) is 6.07 Å². The maximum absolute atomic E-state index is 12.9. The summed E-state index contributed by atoms with van der Waals surface area (Å²) in [5.74, 6) is -2.55. The second kappa shape index (κ2) is 6.44. The fourth-order valence-corrected chi connectivity index (χ4v) is 1.67. The van der Waals surface area contributed by atoms with Gasteiger partial charge >= 0.3 is 5.97 Å². The number of hydrogen-bond acceptors (Lipinski definition) is 2. The Balaban J connectivity index is 2.64. The van der Waals surface area contributed by atoms with Crippen molar-refractivity contribution >= 4 is 27.8 Å². The molecule has 1 aromatic carbocycles. The lowest BCUT2D eigenvalue weighted by Crippen LogP contribution is -2.43. The molecule has 0 aliphatic carbocycles. The van der Waals surface area contributed by atoms with Gasteiger partial charge in [-0.2, -0.15) is 0 Å². The number of amides is 1. The Bertz CT molecular complexity index is 468. The van der Waals surface area contributed by atoms with E-state index in [-0.39, 0.29) is 10.9 Å². The van der Waals surface area contributed by atoms with Crippen molar-refractivity contribution in [1.82, 2.24) is 5.32 Å². The zero-order chi connectivity index (χ0) is 13.7. The highest BCUT2D eigenvalue weighted by Crippen LogP contribution is 2.17. The van der Waals surface area contributed by atoms with Gasteiger partial charge in [0.25, 0.3) is 0 Å². The first kappa shape index (κ1) is 14.6. The van der Waals surface area contributed by atoms with Crippen LogP contribution in [-0.4, -0.2) is 29.7 Å². The lowest BCUT2D eigenvalue weighted by molar-refractivity contribution is -0.142. The van der Waals surface area contributed by atoms with E-state index in [1.54, 1.807) is 0 Å². The molecule has 2 N–H and O–H groups in total. The van der Waals surface area contributed by atoms with Crippen LogP contribution in [0.3, 0.4) is 0 Å². The Morgan fingerprint density at radius 1 is 1.44 bits per heavy atom. The van der Waals surface area contributed by atoms with Crippen molar-refractivity contribution in [2.24, 2.45) is 0 Å². The van der Waals surface area contributed by atoms with Crippen molar-refractivity contribution < 1.29 is 23.5 Å². The van der Waals surface area contributed by atoms with Crippen molar-refractivity contribution in [2.75, 3.05) is 6.67 Å². The number of aliphatic carboxylic acids is 1. The minimum atomic E-state index is -1.55. The molecule has 1 rings (SSSR count). The third kappa shape index (κ3) is 4.06. The second-order valence-electron chi connectivity index (χ2n) is 3.54. The topological polar surface area (TPSA) is 66.4 Å². The smallest absolute Gasteiger partial charge is 0.328 e. The van der Waals surface area contributed by atoms with E-state index in [2.05, 4.69) is 15.9 Å². The second-order valence-corrected chi connectivity index (χ2v) is 4.39. The highest BCUT2D eigenvalue weighted by atomic mass is 79.9. The molecule has 0 spiro atoms. The van der Waals surface area contributed by atoms with E-state index in [1.807, 2.05) is 5.32 Å². The van der Waals surface area contributed by atoms with E-state index in [9.17, 15) is 18.4 Å². The van der Waals surface area contributed by atoms with Gasteiger partial charge in [-0.25, -0.2) is 13.6 Å². The number of carbonyl (C=O) groups excluding carboxylic acids is 1.